The van der Waals surface area contributed by atoms with E-state index in [4.69, 9.17) is 0 Å². The maximum absolute atomic E-state index is 0. The van der Waals surface area contributed by atoms with E-state index in [-0.39, 0.29) is 109 Å². The first-order chi connectivity index (χ1) is 0. The van der Waals surface area contributed by atoms with Crippen molar-refractivity contribution in [3.8, 4) is 0 Å². The molecule has 42 valence electrons. The van der Waals surface area contributed by atoms with E-state index in [1.165, 1.54) is 0 Å². The van der Waals surface area contributed by atoms with Crippen molar-refractivity contribution in [3.63, 3.8) is 0 Å². The van der Waals surface area contributed by atoms with Gasteiger partial charge in [0.25, 0.3) is 0 Å². The van der Waals surface area contributed by atoms with Crippen molar-refractivity contribution in [2.24, 2.45) is 0 Å². The standard InChI is InChI=1S/5BrH.Sb/h5*1H;/q;;;;;+3/p-5. The van der Waals surface area contributed by atoms with Gasteiger partial charge in [-0.3, -0.25) is 0 Å². The second-order valence-electron chi connectivity index (χ2n) is 0. The van der Waals surface area contributed by atoms with E-state index in [9.17, 15) is 0 Å². The van der Waals surface area contributed by atoms with Crippen molar-refractivity contribution in [3.05, 3.63) is 0 Å². The summed E-state index contributed by atoms with van der Waals surface area (Å²) in [5, 5.41) is 0. The van der Waals surface area contributed by atoms with E-state index in [0.29, 0.717) is 0 Å². The van der Waals surface area contributed by atoms with Crippen LogP contribution in [0.3, 0.4) is 0 Å². The van der Waals surface area contributed by atoms with Crippen LogP contribution >= 0.6 is 0 Å². The summed E-state index contributed by atoms with van der Waals surface area (Å²) in [5.74, 6) is 0. The minimum absolute atomic E-state index is 0. The van der Waals surface area contributed by atoms with Crippen molar-refractivity contribution in [1.29, 1.82) is 0 Å². The molecule has 0 nitrogen and oxygen atoms in total. The molecular formula is Br5Sb-2. The number of hydrogen-bond acceptors (Lipinski definition) is 0. The number of rotatable bonds is 0. The second kappa shape index (κ2) is 41.3. The molecule has 0 aromatic heterocycles. The van der Waals surface area contributed by atoms with Crippen LogP contribution in [-0.2, 0) is 0 Å². The van der Waals surface area contributed by atoms with E-state index >= 15 is 0 Å². The van der Waals surface area contributed by atoms with Gasteiger partial charge in [0.15, 0.2) is 0 Å². The molecule has 0 unspecified atom stereocenters. The van der Waals surface area contributed by atoms with Gasteiger partial charge in [-0.1, -0.05) is 0 Å². The van der Waals surface area contributed by atoms with Gasteiger partial charge in [0.1, 0.15) is 0 Å². The Morgan fingerprint density at radius 1 is 0.333 bits per heavy atom. The smallest absolute Gasteiger partial charge is 1.00 e. The molecular weight excluding hydrogens is 521 g/mol. The summed E-state index contributed by atoms with van der Waals surface area (Å²) in [4.78, 5) is 0. The third-order valence-corrected chi connectivity index (χ3v) is 0. The summed E-state index contributed by atoms with van der Waals surface area (Å²) < 4.78 is 0. The Morgan fingerprint density at radius 2 is 0.333 bits per heavy atom. The van der Waals surface area contributed by atoms with E-state index in [1.54, 1.807) is 0 Å². The average molecular weight is 521 g/mol. The molecule has 0 aliphatic heterocycles. The molecule has 0 aromatic rings. The molecule has 0 rings (SSSR count). The van der Waals surface area contributed by atoms with Gasteiger partial charge in [-0.15, -0.1) is 0 Å². The summed E-state index contributed by atoms with van der Waals surface area (Å²) in [6.07, 6.45) is 0. The van der Waals surface area contributed by atoms with Crippen LogP contribution < -0.4 is 84.9 Å². The van der Waals surface area contributed by atoms with Gasteiger partial charge in [0.05, 0.1) is 0 Å². The van der Waals surface area contributed by atoms with Crippen LogP contribution in [0, 0.1) is 0 Å². The van der Waals surface area contributed by atoms with Gasteiger partial charge in [0.2, 0.25) is 0 Å². The van der Waals surface area contributed by atoms with Crippen LogP contribution in [0.4, 0.5) is 0 Å². The zero-order chi connectivity index (χ0) is 0. The average Bonchev–Trinajstić information content (AvgIpc) is 0. The summed E-state index contributed by atoms with van der Waals surface area (Å²) in [6.45, 7) is 0. The summed E-state index contributed by atoms with van der Waals surface area (Å²) in [6, 6.07) is 0. The van der Waals surface area contributed by atoms with Gasteiger partial charge in [-0.2, -0.15) is 0 Å². The normalized spacial score (nSPS) is 0. The van der Waals surface area contributed by atoms with E-state index in [1.807, 2.05) is 0 Å². The van der Waals surface area contributed by atoms with E-state index in [0.717, 1.165) is 0 Å². The maximum atomic E-state index is 0. The first-order valence-electron chi connectivity index (χ1n) is 0. The van der Waals surface area contributed by atoms with Gasteiger partial charge < -0.3 is 84.9 Å². The van der Waals surface area contributed by atoms with E-state index in [2.05, 4.69) is 0 Å². The van der Waals surface area contributed by atoms with Crippen LogP contribution in [0.15, 0.2) is 0 Å². The van der Waals surface area contributed by atoms with Gasteiger partial charge in [-0.05, 0) is 0 Å². The first kappa shape index (κ1) is 60.1. The predicted octanol–water partition coefficient (Wildman–Crippen LogP) is -15.4. The molecule has 0 bridgehead atoms. The fourth-order valence-electron chi connectivity index (χ4n) is 0. The molecule has 0 spiro atoms. The molecule has 6 heavy (non-hydrogen) atoms. The zero-order valence-electron chi connectivity index (χ0n) is 2.34. The molecule has 0 heterocycles. The summed E-state index contributed by atoms with van der Waals surface area (Å²) in [5.41, 5.74) is 0. The van der Waals surface area contributed by atoms with Crippen LogP contribution in [-0.4, -0.2) is 24.4 Å². The van der Waals surface area contributed by atoms with Gasteiger partial charge in [0, 0.05) is 0 Å². The van der Waals surface area contributed by atoms with Crippen LogP contribution in [0.25, 0.3) is 0 Å². The predicted molar refractivity (Wildman–Crippen MR) is 5.75 cm³/mol. The Balaban J connectivity index is 0. The molecule has 0 aliphatic rings. The topological polar surface area (TPSA) is 0 Å². The fraction of sp³-hybridized carbons (Fsp3) is 0. The van der Waals surface area contributed by atoms with Gasteiger partial charge in [-0.25, -0.2) is 0 Å². The van der Waals surface area contributed by atoms with Crippen LogP contribution in [0.5, 0.6) is 0 Å². The number of hydrogen-bond donors (Lipinski definition) is 0. The third kappa shape index (κ3) is 26.9. The fourth-order valence-corrected chi connectivity index (χ4v) is 0. The Labute approximate surface area is 108 Å². The van der Waals surface area contributed by atoms with Crippen molar-refractivity contribution in [2.75, 3.05) is 0 Å². The molecule has 0 aliphatic carbocycles. The maximum Gasteiger partial charge on any atom is 3.00 e. The summed E-state index contributed by atoms with van der Waals surface area (Å²) >= 11 is 0. The SMILES string of the molecule is [Br-].[Br-].[Br-].[Br-].[Br-].[Sb+3]. The quantitative estimate of drug-likeness (QED) is 0.278. The molecule has 6 heteroatoms. The van der Waals surface area contributed by atoms with Gasteiger partial charge >= 0.3 is 24.4 Å². The van der Waals surface area contributed by atoms with E-state index < -0.39 is 0 Å². The van der Waals surface area contributed by atoms with Crippen molar-refractivity contribution in [2.45, 2.75) is 0 Å². The van der Waals surface area contributed by atoms with Crippen LogP contribution in [0.1, 0.15) is 0 Å². The third-order valence-electron chi connectivity index (χ3n) is 0. The Kier molecular flexibility index (Phi) is 414. The molecule has 0 saturated carbocycles. The Hall–Kier alpha value is 3.22. The molecule has 2 radical (unpaired) electrons. The molecule has 0 N–H and O–H groups in total. The minimum Gasteiger partial charge on any atom is -1.00 e. The van der Waals surface area contributed by atoms with Crippen molar-refractivity contribution in [1.82, 2.24) is 0 Å². The molecule has 0 fully saturated rings. The molecule has 0 atom stereocenters. The second-order valence-corrected chi connectivity index (χ2v) is 0. The van der Waals surface area contributed by atoms with Crippen molar-refractivity contribution >= 4 is 24.4 Å². The first-order valence-corrected chi connectivity index (χ1v) is 0. The molecule has 0 aromatic carbocycles. The minimum atomic E-state index is 0. The number of halogens is 5. The molecule has 0 amide bonds. The molecule has 0 saturated heterocycles. The monoisotopic (exact) mass is 515 g/mol. The zero-order valence-corrected chi connectivity index (χ0v) is 12.8. The van der Waals surface area contributed by atoms with Crippen molar-refractivity contribution < 1.29 is 84.9 Å². The van der Waals surface area contributed by atoms with Crippen LogP contribution in [0.2, 0.25) is 0 Å². The largest absolute Gasteiger partial charge is 3.00 e. The Morgan fingerprint density at radius 3 is 0.333 bits per heavy atom. The Bertz CT molecular complexity index is 3.90. The summed E-state index contributed by atoms with van der Waals surface area (Å²) in [7, 11) is 0.